The first-order valence-corrected chi connectivity index (χ1v) is 9.01. The molecule has 2 aliphatic heterocycles. The van der Waals surface area contributed by atoms with E-state index in [1.165, 1.54) is 18.6 Å². The van der Waals surface area contributed by atoms with E-state index in [9.17, 15) is 9.00 Å². The molecule has 2 fully saturated rings. The number of furan rings is 1. The van der Waals surface area contributed by atoms with Gasteiger partial charge in [0.25, 0.3) is 0 Å². The second-order valence-corrected chi connectivity index (χ2v) is 8.41. The average molecular weight is 317 g/mol. The molecule has 0 saturated carbocycles. The van der Waals surface area contributed by atoms with Gasteiger partial charge in [-0.1, -0.05) is 0 Å². The molecule has 1 aromatic rings. The summed E-state index contributed by atoms with van der Waals surface area (Å²) in [5, 5.41) is 3.65. The number of carbonyl (C=O) groups is 1. The molecule has 0 radical (unpaired) electrons. The molecule has 0 bridgehead atoms. The Hall–Kier alpha value is -0.850. The fourth-order valence-corrected chi connectivity index (χ4v) is 5.29. The van der Waals surface area contributed by atoms with Crippen LogP contribution in [0.15, 0.2) is 20.9 Å². The van der Waals surface area contributed by atoms with Gasteiger partial charge in [0.05, 0.1) is 9.73 Å². The third-order valence-corrected chi connectivity index (χ3v) is 6.55. The van der Waals surface area contributed by atoms with Crippen molar-refractivity contribution in [1.29, 1.82) is 0 Å². The van der Waals surface area contributed by atoms with Crippen LogP contribution in [0.25, 0.3) is 0 Å². The summed E-state index contributed by atoms with van der Waals surface area (Å²) in [6, 6.07) is 2.94. The van der Waals surface area contributed by atoms with Crippen LogP contribution >= 0.6 is 11.6 Å². The fourth-order valence-electron chi connectivity index (χ4n) is 2.95. The van der Waals surface area contributed by atoms with Crippen molar-refractivity contribution in [2.24, 2.45) is 4.36 Å². The Morgan fingerprint density at radius 3 is 2.65 bits per heavy atom. The molecule has 20 heavy (non-hydrogen) atoms. The molecule has 110 valence electrons. The Kier molecular flexibility index (Phi) is 3.64. The molecule has 1 spiro atoms. The van der Waals surface area contributed by atoms with Crippen LogP contribution in [0, 0.1) is 0 Å². The van der Waals surface area contributed by atoms with Crippen molar-refractivity contribution in [2.45, 2.75) is 31.2 Å². The number of amides is 1. The maximum Gasteiger partial charge on any atom is 0.320 e. The summed E-state index contributed by atoms with van der Waals surface area (Å²) in [5.41, 5.74) is 0.132. The summed E-state index contributed by atoms with van der Waals surface area (Å²) in [6.45, 7) is 1.03. The predicted octanol–water partition coefficient (Wildman–Crippen LogP) is 2.46. The van der Waals surface area contributed by atoms with Crippen molar-refractivity contribution in [2.75, 3.05) is 18.1 Å². The van der Waals surface area contributed by atoms with E-state index in [-0.39, 0.29) is 16.5 Å². The van der Waals surface area contributed by atoms with Crippen LogP contribution < -0.4 is 5.32 Å². The third-order valence-electron chi connectivity index (χ3n) is 4.16. The van der Waals surface area contributed by atoms with Crippen molar-refractivity contribution in [3.05, 3.63) is 23.1 Å². The van der Waals surface area contributed by atoms with Gasteiger partial charge in [-0.2, -0.15) is 4.36 Å². The molecule has 7 heteroatoms. The summed E-state index contributed by atoms with van der Waals surface area (Å²) < 4.78 is 21.6. The molecule has 0 aromatic carbocycles. The van der Waals surface area contributed by atoms with Crippen molar-refractivity contribution in [3.63, 3.8) is 0 Å². The predicted molar refractivity (Wildman–Crippen MR) is 77.6 cm³/mol. The first-order chi connectivity index (χ1) is 9.50. The molecule has 3 heterocycles. The van der Waals surface area contributed by atoms with Gasteiger partial charge >= 0.3 is 5.91 Å². The molecule has 3 rings (SSSR count). The van der Waals surface area contributed by atoms with Gasteiger partial charge in [0, 0.05) is 17.0 Å². The summed E-state index contributed by atoms with van der Waals surface area (Å²) in [6.07, 6.45) is 3.94. The van der Waals surface area contributed by atoms with Gasteiger partial charge < -0.3 is 9.73 Å². The van der Waals surface area contributed by atoms with Gasteiger partial charge in [-0.3, -0.25) is 4.79 Å². The molecule has 2 saturated heterocycles. The third kappa shape index (κ3) is 2.77. The zero-order valence-electron chi connectivity index (χ0n) is 11.1. The molecule has 1 aromatic heterocycles. The topological polar surface area (TPSA) is 71.7 Å². The molecule has 0 aliphatic carbocycles. The van der Waals surface area contributed by atoms with E-state index in [4.69, 9.17) is 16.0 Å². The number of hydrogen-bond acceptors (Lipinski definition) is 4. The smallest absolute Gasteiger partial charge is 0.320 e. The molecule has 2 aliphatic rings. The minimum absolute atomic E-state index is 0.0528. The average Bonchev–Trinajstić information content (AvgIpc) is 3.04. The second-order valence-electron chi connectivity index (χ2n) is 5.49. The van der Waals surface area contributed by atoms with E-state index in [0.717, 1.165) is 25.8 Å². The maximum absolute atomic E-state index is 12.6. The molecule has 0 atom stereocenters. The number of nitrogens with one attached hydrogen (secondary N) is 1. The number of halogens is 1. The van der Waals surface area contributed by atoms with Gasteiger partial charge in [0.2, 0.25) is 0 Å². The number of nitrogens with zero attached hydrogens (tertiary/aromatic N) is 1. The van der Waals surface area contributed by atoms with Crippen LogP contribution in [-0.2, 0) is 9.73 Å². The normalized spacial score (nSPS) is 33.5. The zero-order chi connectivity index (χ0) is 14.2. The summed E-state index contributed by atoms with van der Waals surface area (Å²) in [5.74, 6) is 0.426. The molecule has 5 nitrogen and oxygen atoms in total. The fraction of sp³-hybridized carbons (Fsp3) is 0.615. The van der Waals surface area contributed by atoms with Crippen molar-refractivity contribution >= 4 is 27.2 Å². The highest BCUT2D eigenvalue weighted by Gasteiger charge is 2.38. The summed E-state index contributed by atoms with van der Waals surface area (Å²) >= 11 is 5.62. The Labute approximate surface area is 123 Å². The van der Waals surface area contributed by atoms with Crippen LogP contribution in [0.1, 0.15) is 36.2 Å². The first kappa shape index (κ1) is 14.1. The van der Waals surface area contributed by atoms with Gasteiger partial charge in [0.1, 0.15) is 0 Å². The largest absolute Gasteiger partial charge is 0.439 e. The van der Waals surface area contributed by atoms with Crippen molar-refractivity contribution in [1.82, 2.24) is 5.32 Å². The standard InChI is InChI=1S/C13H17ClN2O3S/c14-11-3-2-10(19-11)12(17)16-20(18)8-5-13(6-9-20)4-1-7-15-13/h2-3,15H,1,4-9H2. The van der Waals surface area contributed by atoms with E-state index in [1.54, 1.807) is 0 Å². The molecule has 0 unspecified atom stereocenters. The van der Waals surface area contributed by atoms with E-state index < -0.39 is 15.6 Å². The van der Waals surface area contributed by atoms with E-state index >= 15 is 0 Å². The van der Waals surface area contributed by atoms with Crippen LogP contribution in [0.5, 0.6) is 0 Å². The minimum atomic E-state index is -2.46. The van der Waals surface area contributed by atoms with Gasteiger partial charge in [-0.05, 0) is 56.0 Å². The molecular weight excluding hydrogens is 300 g/mol. The Bertz CT molecular complexity index is 624. The van der Waals surface area contributed by atoms with Crippen LogP contribution in [-0.4, -0.2) is 33.7 Å². The van der Waals surface area contributed by atoms with Crippen molar-refractivity contribution in [3.8, 4) is 0 Å². The number of carbonyl (C=O) groups excluding carboxylic acids is 1. The summed E-state index contributed by atoms with van der Waals surface area (Å²) in [4.78, 5) is 11.9. The lowest BCUT2D eigenvalue weighted by Gasteiger charge is -2.34. The monoisotopic (exact) mass is 316 g/mol. The second kappa shape index (κ2) is 5.16. The Morgan fingerprint density at radius 1 is 1.35 bits per heavy atom. The highest BCUT2D eigenvalue weighted by molar-refractivity contribution is 7.93. The highest BCUT2D eigenvalue weighted by atomic mass is 35.5. The van der Waals surface area contributed by atoms with Gasteiger partial charge in [0.15, 0.2) is 11.0 Å². The van der Waals surface area contributed by atoms with Crippen molar-refractivity contribution < 1.29 is 13.4 Å². The van der Waals surface area contributed by atoms with E-state index in [0.29, 0.717) is 11.5 Å². The lowest BCUT2D eigenvalue weighted by Crippen LogP contribution is -2.46. The Morgan fingerprint density at radius 2 is 2.10 bits per heavy atom. The quantitative estimate of drug-likeness (QED) is 0.864. The SMILES string of the molecule is O=C(N=S1(=O)CCC2(CCCN2)CC1)c1ccc(Cl)o1. The lowest BCUT2D eigenvalue weighted by molar-refractivity contribution is 0.0978. The summed E-state index contributed by atoms with van der Waals surface area (Å²) in [7, 11) is -2.46. The number of hydrogen-bond donors (Lipinski definition) is 1. The maximum atomic E-state index is 12.6. The Balaban J connectivity index is 1.75. The van der Waals surface area contributed by atoms with Crippen LogP contribution in [0.2, 0.25) is 5.22 Å². The zero-order valence-corrected chi connectivity index (χ0v) is 12.6. The molecular formula is C13H17ClN2O3S. The van der Waals surface area contributed by atoms with E-state index in [1.807, 2.05) is 0 Å². The molecule has 1 N–H and O–H groups in total. The molecule has 1 amide bonds. The highest BCUT2D eigenvalue weighted by Crippen LogP contribution is 2.32. The van der Waals surface area contributed by atoms with Crippen LogP contribution in [0.4, 0.5) is 0 Å². The van der Waals surface area contributed by atoms with Gasteiger partial charge in [-0.25, -0.2) is 4.21 Å². The van der Waals surface area contributed by atoms with E-state index in [2.05, 4.69) is 9.68 Å². The minimum Gasteiger partial charge on any atom is -0.439 e. The van der Waals surface area contributed by atoms with Crippen LogP contribution in [0.3, 0.4) is 0 Å². The number of rotatable bonds is 1. The first-order valence-electron chi connectivity index (χ1n) is 6.78. The lowest BCUT2D eigenvalue weighted by atomic mass is 9.91. The van der Waals surface area contributed by atoms with Gasteiger partial charge in [-0.15, -0.1) is 0 Å².